The zero-order valence-electron chi connectivity index (χ0n) is 25.1. The van der Waals surface area contributed by atoms with Gasteiger partial charge in [-0.15, -0.1) is 0 Å². The third-order valence-electron chi connectivity index (χ3n) is 9.05. The van der Waals surface area contributed by atoms with Gasteiger partial charge in [0.2, 0.25) is 10.3 Å². The predicted molar refractivity (Wildman–Crippen MR) is 165 cm³/mol. The van der Waals surface area contributed by atoms with E-state index in [1.54, 1.807) is 0 Å². The highest BCUT2D eigenvalue weighted by Gasteiger charge is 2.65. The minimum absolute atomic E-state index is 0.0340. The maximum Gasteiger partial charge on any atom is 0.432 e. The number of esters is 1. The Morgan fingerprint density at radius 2 is 1.17 bits per heavy atom. The lowest BCUT2D eigenvalue weighted by Crippen LogP contribution is -2.56. The average molecular weight is 732 g/mol. The quantitative estimate of drug-likeness (QED) is 0.115. The van der Waals surface area contributed by atoms with Crippen molar-refractivity contribution < 1.29 is 52.5 Å². The van der Waals surface area contributed by atoms with Crippen LogP contribution in [0.1, 0.15) is 38.5 Å². The van der Waals surface area contributed by atoms with Gasteiger partial charge < -0.3 is 13.0 Å². The molecule has 0 amide bonds. The highest BCUT2D eigenvalue weighted by molar-refractivity contribution is 8.10. The molecule has 0 saturated heterocycles. The van der Waals surface area contributed by atoms with Crippen molar-refractivity contribution in [3.8, 4) is 5.75 Å². The summed E-state index contributed by atoms with van der Waals surface area (Å²) in [5, 5.41) is -6.00. The molecule has 1 unspecified atom stereocenters. The normalized spacial score (nSPS) is 24.8. The summed E-state index contributed by atoms with van der Waals surface area (Å²) < 4.78 is 134. The van der Waals surface area contributed by atoms with E-state index in [4.69, 9.17) is 0 Å². The summed E-state index contributed by atoms with van der Waals surface area (Å²) >= 11 is 0. The second-order valence-electron chi connectivity index (χ2n) is 12.6. The maximum absolute atomic E-state index is 15.2. The van der Waals surface area contributed by atoms with Gasteiger partial charge in [0, 0.05) is 0 Å². The molecule has 7 rings (SSSR count). The van der Waals surface area contributed by atoms with Crippen LogP contribution in [0, 0.1) is 23.2 Å². The number of nitrogens with zero attached hydrogens (tertiary/aromatic N) is 1. The number of halogens is 5. The van der Waals surface area contributed by atoms with Gasteiger partial charge in [0.1, 0.15) is 5.75 Å². The second-order valence-corrected chi connectivity index (χ2v) is 17.7. The number of sulfonamides is 1. The standard InChI is InChI=1S/C32H30F5NO7S3/c33-31(34,35)28(44-29(39)30-18-21-15-22(19-30)17-23(16-21)20-30)32(36,37)47(40,41)38-48(42,43)45-24-11-13-27(14-12-24)46(25-7-3-1-4-8-25)26-9-5-2-6-10-26/h1-14,21-23,28H,15-20H2. The molecule has 4 bridgehead atoms. The van der Waals surface area contributed by atoms with Gasteiger partial charge in [-0.1, -0.05) is 36.4 Å². The molecule has 3 aromatic carbocycles. The van der Waals surface area contributed by atoms with Crippen LogP contribution in [0.4, 0.5) is 22.0 Å². The van der Waals surface area contributed by atoms with Crippen LogP contribution in [0.3, 0.4) is 0 Å². The predicted octanol–water partition coefficient (Wildman–Crippen LogP) is 7.39. The molecule has 0 spiro atoms. The number of ether oxygens (including phenoxy) is 1. The minimum Gasteiger partial charge on any atom is -0.444 e. The molecule has 4 aliphatic carbocycles. The number of hydrogen-bond acceptors (Lipinski definition) is 7. The van der Waals surface area contributed by atoms with Crippen molar-refractivity contribution in [2.45, 2.75) is 70.7 Å². The van der Waals surface area contributed by atoms with Crippen LogP contribution in [0.15, 0.2) is 99.6 Å². The Morgan fingerprint density at radius 3 is 1.60 bits per heavy atom. The van der Waals surface area contributed by atoms with Crippen LogP contribution in [0.25, 0.3) is 4.13 Å². The maximum atomic E-state index is 15.2. The summed E-state index contributed by atoms with van der Waals surface area (Å²) in [6.45, 7) is 0. The largest absolute Gasteiger partial charge is 0.444 e. The van der Waals surface area contributed by atoms with E-state index in [1.165, 1.54) is 12.1 Å². The number of benzene rings is 3. The van der Waals surface area contributed by atoms with E-state index in [1.807, 2.05) is 60.7 Å². The summed E-state index contributed by atoms with van der Waals surface area (Å²) in [5.41, 5.74) is -1.43. The minimum atomic E-state index is -6.83. The molecule has 4 aliphatic rings. The molecule has 1 atom stereocenters. The molecule has 0 heterocycles. The first kappa shape index (κ1) is 34.6. The first-order valence-electron chi connectivity index (χ1n) is 15.0. The topological polar surface area (TPSA) is 118 Å². The molecule has 3 aromatic rings. The zero-order valence-corrected chi connectivity index (χ0v) is 27.5. The Labute approximate surface area is 277 Å². The molecule has 8 nitrogen and oxygen atoms in total. The molecule has 4 fully saturated rings. The first-order valence-corrected chi connectivity index (χ1v) is 19.0. The van der Waals surface area contributed by atoms with E-state index >= 15 is 8.78 Å². The molecule has 4 saturated carbocycles. The van der Waals surface area contributed by atoms with Crippen molar-refractivity contribution in [3.05, 3.63) is 89.1 Å². The Bertz CT molecular complexity index is 1780. The van der Waals surface area contributed by atoms with E-state index in [-0.39, 0.29) is 37.0 Å². The zero-order chi connectivity index (χ0) is 34.5. The third-order valence-corrected chi connectivity index (χ3v) is 14.1. The lowest BCUT2D eigenvalue weighted by atomic mass is 9.49. The molecule has 0 N–H and O–H groups in total. The monoisotopic (exact) mass is 731 g/mol. The van der Waals surface area contributed by atoms with Crippen LogP contribution in [0.2, 0.25) is 0 Å². The Hall–Kier alpha value is -3.21. The molecular formula is C32H30F5NO7S3. The fourth-order valence-corrected chi connectivity index (χ4v) is 11.9. The van der Waals surface area contributed by atoms with Gasteiger partial charge in [0.15, 0.2) is 24.7 Å². The van der Waals surface area contributed by atoms with Gasteiger partial charge in [-0.05, 0) is 105 Å². The highest BCUT2D eigenvalue weighted by Crippen LogP contribution is 2.61. The van der Waals surface area contributed by atoms with Crippen LogP contribution in [0.5, 0.6) is 5.75 Å². The van der Waals surface area contributed by atoms with Gasteiger partial charge in [-0.2, -0.15) is 22.0 Å². The summed E-state index contributed by atoms with van der Waals surface area (Å²) in [5.74, 6) is -2.00. The van der Waals surface area contributed by atoms with Gasteiger partial charge in [0.05, 0.1) is 16.3 Å². The molecule has 0 aromatic heterocycles. The number of carbonyl (C=O) groups is 1. The van der Waals surface area contributed by atoms with Gasteiger partial charge >= 0.3 is 17.4 Å². The molecule has 0 aliphatic heterocycles. The SMILES string of the molecule is O=C(OC(C(F)(F)F)C(F)(F)S(=O)(=O)[N-]S(=O)(=O)Oc1ccc([S+](c2ccccc2)c2ccccc2)cc1)C12CC3CC(CC(C3)C1)C2. The molecule has 48 heavy (non-hydrogen) atoms. The first-order chi connectivity index (χ1) is 22.5. The Balaban J connectivity index is 1.19. The number of hydrogen-bond donors (Lipinski definition) is 0. The summed E-state index contributed by atoms with van der Waals surface area (Å²) in [7, 11) is -13.3. The van der Waals surface area contributed by atoms with Crippen molar-refractivity contribution >= 4 is 37.2 Å². The van der Waals surface area contributed by atoms with Crippen LogP contribution in [-0.2, 0) is 40.8 Å². The van der Waals surface area contributed by atoms with Crippen molar-refractivity contribution in [2.24, 2.45) is 23.2 Å². The van der Waals surface area contributed by atoms with E-state index in [0.717, 1.165) is 41.2 Å². The fourth-order valence-electron chi connectivity index (χ4n) is 7.51. The van der Waals surface area contributed by atoms with Crippen molar-refractivity contribution in [1.82, 2.24) is 0 Å². The molecular weight excluding hydrogens is 702 g/mol. The summed E-state index contributed by atoms with van der Waals surface area (Å²) in [6, 6.07) is 23.8. The number of carbonyl (C=O) groups excluding carboxylic acids is 1. The average Bonchev–Trinajstić information content (AvgIpc) is 2.99. The molecule has 0 radical (unpaired) electrons. The van der Waals surface area contributed by atoms with Crippen LogP contribution >= 0.6 is 0 Å². The number of rotatable bonds is 11. The van der Waals surface area contributed by atoms with Crippen LogP contribution < -0.4 is 4.18 Å². The molecule has 16 heteroatoms. The van der Waals surface area contributed by atoms with Gasteiger partial charge in [-0.25, -0.2) is 16.8 Å². The van der Waals surface area contributed by atoms with Crippen molar-refractivity contribution in [2.75, 3.05) is 0 Å². The van der Waals surface area contributed by atoms with Crippen molar-refractivity contribution in [3.63, 3.8) is 0 Å². The van der Waals surface area contributed by atoms with Crippen molar-refractivity contribution in [1.29, 1.82) is 0 Å². The van der Waals surface area contributed by atoms with E-state index in [0.29, 0.717) is 4.90 Å². The lowest BCUT2D eigenvalue weighted by molar-refractivity contribution is -0.265. The lowest BCUT2D eigenvalue weighted by Gasteiger charge is -2.55. The van der Waals surface area contributed by atoms with E-state index < -0.39 is 65.9 Å². The van der Waals surface area contributed by atoms with E-state index in [9.17, 15) is 34.8 Å². The van der Waals surface area contributed by atoms with Crippen LogP contribution in [-0.4, -0.2) is 40.3 Å². The third kappa shape index (κ3) is 6.94. The molecule has 258 valence electrons. The Morgan fingerprint density at radius 1 is 0.729 bits per heavy atom. The highest BCUT2D eigenvalue weighted by atomic mass is 32.3. The summed E-state index contributed by atoms with van der Waals surface area (Å²) in [4.78, 5) is 15.6. The summed E-state index contributed by atoms with van der Waals surface area (Å²) in [6.07, 6.45) is -7.78. The fraction of sp³-hybridized carbons (Fsp3) is 0.406. The second kappa shape index (κ2) is 12.6. The smallest absolute Gasteiger partial charge is 0.432 e. The van der Waals surface area contributed by atoms with Gasteiger partial charge in [-0.3, -0.25) is 4.79 Å². The number of alkyl halides is 5. The van der Waals surface area contributed by atoms with E-state index in [2.05, 4.69) is 13.0 Å². The van der Waals surface area contributed by atoms with Gasteiger partial charge in [0.25, 0.3) is 6.10 Å². The Kier molecular flexibility index (Phi) is 9.09.